The highest BCUT2D eigenvalue weighted by Crippen LogP contribution is 2.20. The predicted molar refractivity (Wildman–Crippen MR) is 84.0 cm³/mol. The zero-order chi connectivity index (χ0) is 14.5. The van der Waals surface area contributed by atoms with Gasteiger partial charge < -0.3 is 10.6 Å². The van der Waals surface area contributed by atoms with E-state index in [-0.39, 0.29) is 12.1 Å². The quantitative estimate of drug-likeness (QED) is 0.878. The van der Waals surface area contributed by atoms with Gasteiger partial charge >= 0.3 is 6.03 Å². The van der Waals surface area contributed by atoms with Crippen LogP contribution in [0.25, 0.3) is 0 Å². The fraction of sp³-hybridized carbons (Fsp3) is 0.308. The first-order chi connectivity index (χ1) is 9.60. The molecule has 0 aliphatic rings. The van der Waals surface area contributed by atoms with Crippen molar-refractivity contribution < 1.29 is 4.79 Å². The lowest BCUT2D eigenvalue weighted by atomic mass is 10.2. The molecule has 0 saturated heterocycles. The van der Waals surface area contributed by atoms with Crippen LogP contribution in [0.5, 0.6) is 0 Å². The SMILES string of the molecule is CCc1nc(C(C)NC(=O)Nc2ccncc2Br)cs1. The van der Waals surface area contributed by atoms with E-state index in [4.69, 9.17) is 0 Å². The lowest BCUT2D eigenvalue weighted by Crippen LogP contribution is -2.31. The number of thiazole rings is 1. The summed E-state index contributed by atoms with van der Waals surface area (Å²) in [7, 11) is 0. The Labute approximate surface area is 130 Å². The number of aromatic nitrogens is 2. The zero-order valence-electron chi connectivity index (χ0n) is 11.2. The van der Waals surface area contributed by atoms with Gasteiger partial charge in [0.05, 0.1) is 26.9 Å². The van der Waals surface area contributed by atoms with Gasteiger partial charge in [0.1, 0.15) is 0 Å². The topological polar surface area (TPSA) is 66.9 Å². The number of aryl methyl sites for hydroxylation is 1. The molecule has 2 aromatic rings. The second-order valence-electron chi connectivity index (χ2n) is 4.20. The minimum absolute atomic E-state index is 0.132. The van der Waals surface area contributed by atoms with Gasteiger partial charge in [0.2, 0.25) is 0 Å². The van der Waals surface area contributed by atoms with E-state index in [0.29, 0.717) is 5.69 Å². The van der Waals surface area contributed by atoms with Crippen LogP contribution in [0, 0.1) is 0 Å². The summed E-state index contributed by atoms with van der Waals surface area (Å²) in [5.74, 6) is 0. The van der Waals surface area contributed by atoms with E-state index in [0.717, 1.165) is 21.6 Å². The van der Waals surface area contributed by atoms with Crippen molar-refractivity contribution in [3.63, 3.8) is 0 Å². The van der Waals surface area contributed by atoms with Crippen LogP contribution < -0.4 is 10.6 Å². The second-order valence-corrected chi connectivity index (χ2v) is 5.99. The van der Waals surface area contributed by atoms with Gasteiger partial charge in [-0.1, -0.05) is 6.92 Å². The summed E-state index contributed by atoms with van der Waals surface area (Å²) in [4.78, 5) is 20.3. The van der Waals surface area contributed by atoms with Gasteiger partial charge in [0.25, 0.3) is 0 Å². The van der Waals surface area contributed by atoms with Crippen molar-refractivity contribution in [2.24, 2.45) is 0 Å². The third kappa shape index (κ3) is 3.77. The highest BCUT2D eigenvalue weighted by Gasteiger charge is 2.13. The van der Waals surface area contributed by atoms with Crippen molar-refractivity contribution in [1.82, 2.24) is 15.3 Å². The normalized spacial score (nSPS) is 11.9. The number of pyridine rings is 1. The van der Waals surface area contributed by atoms with E-state index in [2.05, 4.69) is 43.5 Å². The Hall–Kier alpha value is -1.47. The molecule has 1 atom stereocenters. The Morgan fingerprint density at radius 1 is 1.55 bits per heavy atom. The first-order valence-electron chi connectivity index (χ1n) is 6.21. The van der Waals surface area contributed by atoms with E-state index in [9.17, 15) is 4.79 Å². The van der Waals surface area contributed by atoms with E-state index >= 15 is 0 Å². The van der Waals surface area contributed by atoms with E-state index in [1.165, 1.54) is 0 Å². The number of hydrogen-bond acceptors (Lipinski definition) is 4. The molecule has 0 saturated carbocycles. The van der Waals surface area contributed by atoms with Crippen LogP contribution in [0.4, 0.5) is 10.5 Å². The van der Waals surface area contributed by atoms with E-state index < -0.39 is 0 Å². The lowest BCUT2D eigenvalue weighted by molar-refractivity contribution is 0.249. The molecule has 0 fully saturated rings. The maximum absolute atomic E-state index is 11.9. The van der Waals surface area contributed by atoms with Crippen molar-refractivity contribution in [3.8, 4) is 0 Å². The van der Waals surface area contributed by atoms with Crippen molar-refractivity contribution in [1.29, 1.82) is 0 Å². The molecule has 2 N–H and O–H groups in total. The number of halogens is 1. The van der Waals surface area contributed by atoms with Crippen LogP contribution in [-0.2, 0) is 6.42 Å². The second kappa shape index (κ2) is 6.81. The molecular weight excluding hydrogens is 340 g/mol. The van der Waals surface area contributed by atoms with Gasteiger partial charge in [-0.25, -0.2) is 9.78 Å². The lowest BCUT2D eigenvalue weighted by Gasteiger charge is -2.13. The summed E-state index contributed by atoms with van der Waals surface area (Å²) < 4.78 is 0.740. The fourth-order valence-corrected chi connectivity index (χ4v) is 2.78. The van der Waals surface area contributed by atoms with Crippen molar-refractivity contribution in [2.45, 2.75) is 26.3 Å². The van der Waals surface area contributed by atoms with Crippen LogP contribution in [-0.4, -0.2) is 16.0 Å². The maximum atomic E-state index is 11.9. The molecule has 0 aliphatic carbocycles. The summed E-state index contributed by atoms with van der Waals surface area (Å²) in [5.41, 5.74) is 1.56. The molecule has 0 radical (unpaired) electrons. The Kier molecular flexibility index (Phi) is 5.08. The molecule has 0 aliphatic heterocycles. The maximum Gasteiger partial charge on any atom is 0.319 e. The van der Waals surface area contributed by atoms with Crippen LogP contribution in [0.1, 0.15) is 30.6 Å². The van der Waals surface area contributed by atoms with Crippen molar-refractivity contribution >= 4 is 39.0 Å². The average Bonchev–Trinajstić information content (AvgIpc) is 2.90. The molecular formula is C13H15BrN4OS. The van der Waals surface area contributed by atoms with Crippen LogP contribution in [0.15, 0.2) is 28.3 Å². The van der Waals surface area contributed by atoms with Gasteiger partial charge in [-0.05, 0) is 35.3 Å². The van der Waals surface area contributed by atoms with Crippen molar-refractivity contribution in [3.05, 3.63) is 39.0 Å². The number of nitrogens with zero attached hydrogens (tertiary/aromatic N) is 2. The number of rotatable bonds is 4. The molecule has 106 valence electrons. The highest BCUT2D eigenvalue weighted by atomic mass is 79.9. The number of urea groups is 1. The molecule has 7 heteroatoms. The van der Waals surface area contributed by atoms with E-state index in [1.54, 1.807) is 29.8 Å². The third-order valence-electron chi connectivity index (χ3n) is 2.68. The molecule has 2 amide bonds. The largest absolute Gasteiger partial charge is 0.330 e. The summed E-state index contributed by atoms with van der Waals surface area (Å²) in [6.07, 6.45) is 4.16. The molecule has 0 bridgehead atoms. The third-order valence-corrected chi connectivity index (χ3v) is 4.33. The van der Waals surface area contributed by atoms with Gasteiger partial charge in [0, 0.05) is 17.8 Å². The monoisotopic (exact) mass is 354 g/mol. The van der Waals surface area contributed by atoms with Crippen LogP contribution in [0.2, 0.25) is 0 Å². The highest BCUT2D eigenvalue weighted by molar-refractivity contribution is 9.10. The molecule has 20 heavy (non-hydrogen) atoms. The van der Waals surface area contributed by atoms with Gasteiger partial charge in [0.15, 0.2) is 0 Å². The predicted octanol–water partition coefficient (Wildman–Crippen LogP) is 3.75. The minimum Gasteiger partial charge on any atom is -0.330 e. The van der Waals surface area contributed by atoms with Gasteiger partial charge in [-0.3, -0.25) is 4.98 Å². The molecule has 1 unspecified atom stereocenters. The standard InChI is InChI=1S/C13H15BrN4OS/c1-3-12-17-11(7-20-12)8(2)16-13(19)18-10-4-5-15-6-9(10)14/h4-8H,3H2,1-2H3,(H2,15,16,18,19). The number of nitrogens with one attached hydrogen (secondary N) is 2. The number of amides is 2. The Morgan fingerprint density at radius 2 is 2.35 bits per heavy atom. The molecule has 0 aromatic carbocycles. The summed E-state index contributed by atoms with van der Waals surface area (Å²) in [6.45, 7) is 3.98. The number of anilines is 1. The van der Waals surface area contributed by atoms with Gasteiger partial charge in [-0.15, -0.1) is 11.3 Å². The molecule has 5 nitrogen and oxygen atoms in total. The van der Waals surface area contributed by atoms with Crippen LogP contribution in [0.3, 0.4) is 0 Å². The number of carbonyl (C=O) groups excluding carboxylic acids is 1. The van der Waals surface area contributed by atoms with Gasteiger partial charge in [-0.2, -0.15) is 0 Å². The Morgan fingerprint density at radius 3 is 3.00 bits per heavy atom. The minimum atomic E-state index is -0.268. The summed E-state index contributed by atoms with van der Waals surface area (Å²) >= 11 is 4.95. The zero-order valence-corrected chi connectivity index (χ0v) is 13.6. The first-order valence-corrected chi connectivity index (χ1v) is 7.88. The average molecular weight is 355 g/mol. The number of carbonyl (C=O) groups is 1. The molecule has 2 heterocycles. The Bertz CT molecular complexity index is 602. The molecule has 2 aromatic heterocycles. The number of hydrogen-bond donors (Lipinski definition) is 2. The van der Waals surface area contributed by atoms with E-state index in [1.807, 2.05) is 12.3 Å². The summed E-state index contributed by atoms with van der Waals surface area (Å²) in [5, 5.41) is 8.69. The van der Waals surface area contributed by atoms with Crippen molar-refractivity contribution in [2.75, 3.05) is 5.32 Å². The molecule has 0 spiro atoms. The summed E-state index contributed by atoms with van der Waals surface area (Å²) in [6, 6.07) is 1.33. The smallest absolute Gasteiger partial charge is 0.319 e. The molecule has 2 rings (SSSR count). The van der Waals surface area contributed by atoms with Crippen LogP contribution >= 0.6 is 27.3 Å². The first kappa shape index (κ1) is 14.9. The Balaban J connectivity index is 1.96. The fourth-order valence-electron chi connectivity index (χ4n) is 1.59.